The van der Waals surface area contributed by atoms with Crippen LogP contribution in [0.1, 0.15) is 39.0 Å². The van der Waals surface area contributed by atoms with Crippen molar-refractivity contribution in [3.8, 4) is 0 Å². The van der Waals surface area contributed by atoms with E-state index < -0.39 is 18.2 Å². The lowest BCUT2D eigenvalue weighted by molar-refractivity contribution is -0.218. The Kier molecular flexibility index (Phi) is 2.93. The summed E-state index contributed by atoms with van der Waals surface area (Å²) in [7, 11) is 0. The molecule has 0 aromatic rings. The van der Waals surface area contributed by atoms with Gasteiger partial charge < -0.3 is 9.47 Å². The second-order valence-corrected chi connectivity index (χ2v) is 4.45. The fraction of sp³-hybridized carbons (Fsp3) is 0.818. The highest BCUT2D eigenvalue weighted by atomic mass is 16.7. The monoisotopic (exact) mass is 212 g/mol. The lowest BCUT2D eigenvalue weighted by Gasteiger charge is -2.35. The van der Waals surface area contributed by atoms with Crippen LogP contribution in [0.2, 0.25) is 0 Å². The Balaban J connectivity index is 2.01. The van der Waals surface area contributed by atoms with Crippen LogP contribution in [0.4, 0.5) is 0 Å². The summed E-state index contributed by atoms with van der Waals surface area (Å²) in [6.07, 6.45) is 3.57. The molecule has 0 N–H and O–H groups in total. The van der Waals surface area contributed by atoms with Gasteiger partial charge in [0.25, 0.3) is 0 Å². The van der Waals surface area contributed by atoms with Crippen LogP contribution in [0.3, 0.4) is 0 Å². The molecule has 2 rings (SSSR count). The maximum Gasteiger partial charge on any atom is 0.320 e. The summed E-state index contributed by atoms with van der Waals surface area (Å²) in [4.78, 5) is 22.2. The fourth-order valence-corrected chi connectivity index (χ4v) is 2.41. The van der Waals surface area contributed by atoms with E-state index >= 15 is 0 Å². The van der Waals surface area contributed by atoms with Gasteiger partial charge in [0, 0.05) is 5.92 Å². The summed E-state index contributed by atoms with van der Waals surface area (Å²) in [6, 6.07) is 0. The Bertz CT molecular complexity index is 258. The third kappa shape index (κ3) is 2.30. The van der Waals surface area contributed by atoms with E-state index in [1.54, 1.807) is 0 Å². The average Bonchev–Trinajstić information content (AvgIpc) is 2.16. The first-order valence-corrected chi connectivity index (χ1v) is 5.56. The minimum Gasteiger partial charge on any atom is -0.424 e. The van der Waals surface area contributed by atoms with Gasteiger partial charge in [-0.25, -0.2) is 0 Å². The highest BCUT2D eigenvalue weighted by Crippen LogP contribution is 2.34. The van der Waals surface area contributed by atoms with Gasteiger partial charge in [0.05, 0.1) is 0 Å². The minimum absolute atomic E-state index is 0.187. The van der Waals surface area contributed by atoms with Gasteiger partial charge in [0.15, 0.2) is 0 Å². The van der Waals surface area contributed by atoms with Crippen LogP contribution in [0.5, 0.6) is 0 Å². The molecule has 2 fully saturated rings. The van der Waals surface area contributed by atoms with E-state index in [-0.39, 0.29) is 12.3 Å². The molecule has 4 heteroatoms. The number of carbonyl (C=O) groups is 2. The van der Waals surface area contributed by atoms with Crippen LogP contribution in [0.25, 0.3) is 0 Å². The van der Waals surface area contributed by atoms with Crippen LogP contribution >= 0.6 is 0 Å². The van der Waals surface area contributed by atoms with Crippen LogP contribution in [0.15, 0.2) is 0 Å². The molecule has 1 heterocycles. The zero-order valence-corrected chi connectivity index (χ0v) is 8.90. The summed E-state index contributed by atoms with van der Waals surface area (Å²) in [5.41, 5.74) is 0. The van der Waals surface area contributed by atoms with Crippen LogP contribution < -0.4 is 0 Å². The van der Waals surface area contributed by atoms with Crippen LogP contribution in [-0.2, 0) is 19.1 Å². The first-order valence-electron chi connectivity index (χ1n) is 5.56. The normalized spacial score (nSPS) is 33.4. The molecule has 1 aliphatic carbocycles. The van der Waals surface area contributed by atoms with E-state index in [1.165, 1.54) is 6.42 Å². The second-order valence-electron chi connectivity index (χ2n) is 4.45. The topological polar surface area (TPSA) is 52.6 Å². The molecular weight excluding hydrogens is 196 g/mol. The number of hydrogen-bond acceptors (Lipinski definition) is 4. The summed E-state index contributed by atoms with van der Waals surface area (Å²) in [5.74, 6) is -0.252. The maximum atomic E-state index is 11.1. The SMILES string of the molecule is CC1CCCCC1C1OC(=O)CC(=O)O1. The molecule has 1 saturated heterocycles. The smallest absolute Gasteiger partial charge is 0.320 e. The Morgan fingerprint density at radius 1 is 1.07 bits per heavy atom. The third-order valence-electron chi connectivity index (χ3n) is 3.31. The van der Waals surface area contributed by atoms with Gasteiger partial charge in [0.2, 0.25) is 6.29 Å². The Morgan fingerprint density at radius 3 is 2.27 bits per heavy atom. The predicted molar refractivity (Wildman–Crippen MR) is 51.7 cm³/mol. The molecule has 0 aromatic heterocycles. The zero-order chi connectivity index (χ0) is 10.8. The summed E-state index contributed by atoms with van der Waals surface area (Å²) < 4.78 is 10.2. The summed E-state index contributed by atoms with van der Waals surface area (Å²) >= 11 is 0. The number of hydrogen-bond donors (Lipinski definition) is 0. The Hall–Kier alpha value is -1.06. The largest absolute Gasteiger partial charge is 0.424 e. The van der Waals surface area contributed by atoms with Crippen LogP contribution in [0, 0.1) is 11.8 Å². The van der Waals surface area contributed by atoms with Crippen molar-refractivity contribution in [3.05, 3.63) is 0 Å². The fourth-order valence-electron chi connectivity index (χ4n) is 2.41. The third-order valence-corrected chi connectivity index (χ3v) is 3.31. The first kappa shape index (κ1) is 10.5. The Morgan fingerprint density at radius 2 is 1.67 bits per heavy atom. The highest BCUT2D eigenvalue weighted by molar-refractivity contribution is 5.92. The molecular formula is C11H16O4. The van der Waals surface area contributed by atoms with Crippen molar-refractivity contribution in [2.24, 2.45) is 11.8 Å². The van der Waals surface area contributed by atoms with E-state index in [1.807, 2.05) is 0 Å². The number of ether oxygens (including phenoxy) is 2. The van der Waals surface area contributed by atoms with E-state index in [0.29, 0.717) is 5.92 Å². The minimum atomic E-state index is -0.631. The molecule has 84 valence electrons. The summed E-state index contributed by atoms with van der Waals surface area (Å²) in [5, 5.41) is 0. The van der Waals surface area contributed by atoms with Crippen molar-refractivity contribution in [1.82, 2.24) is 0 Å². The molecule has 0 radical (unpaired) electrons. The molecule has 0 spiro atoms. The second kappa shape index (κ2) is 4.21. The molecule has 15 heavy (non-hydrogen) atoms. The van der Waals surface area contributed by atoms with Gasteiger partial charge in [-0.1, -0.05) is 26.2 Å². The average molecular weight is 212 g/mol. The van der Waals surface area contributed by atoms with Gasteiger partial charge in [-0.05, 0) is 12.3 Å². The molecule has 4 nitrogen and oxygen atoms in total. The van der Waals surface area contributed by atoms with Gasteiger partial charge in [-0.2, -0.15) is 0 Å². The van der Waals surface area contributed by atoms with Crippen molar-refractivity contribution in [1.29, 1.82) is 0 Å². The Labute approximate surface area is 88.9 Å². The standard InChI is InChI=1S/C11H16O4/c1-7-4-2-3-5-8(7)11-14-9(12)6-10(13)15-11/h7-8,11H,2-6H2,1H3. The number of esters is 2. The lowest BCUT2D eigenvalue weighted by atomic mass is 9.80. The molecule has 1 saturated carbocycles. The van der Waals surface area contributed by atoms with Gasteiger partial charge in [0.1, 0.15) is 6.42 Å². The molecule has 1 aliphatic heterocycles. The number of carbonyl (C=O) groups excluding carboxylic acids is 2. The zero-order valence-electron chi connectivity index (χ0n) is 8.90. The molecule has 0 amide bonds. The molecule has 2 aliphatic rings. The van der Waals surface area contributed by atoms with E-state index in [9.17, 15) is 9.59 Å². The van der Waals surface area contributed by atoms with E-state index in [4.69, 9.17) is 9.47 Å². The molecule has 2 atom stereocenters. The van der Waals surface area contributed by atoms with Gasteiger partial charge >= 0.3 is 11.9 Å². The molecule has 0 aromatic carbocycles. The summed E-state index contributed by atoms with van der Waals surface area (Å²) in [6.45, 7) is 2.13. The maximum absolute atomic E-state index is 11.1. The molecule has 0 bridgehead atoms. The number of rotatable bonds is 1. The van der Waals surface area contributed by atoms with Crippen molar-refractivity contribution in [3.63, 3.8) is 0 Å². The predicted octanol–water partition coefficient (Wildman–Crippen LogP) is 1.63. The van der Waals surface area contributed by atoms with E-state index in [2.05, 4.69) is 6.92 Å². The van der Waals surface area contributed by atoms with Crippen molar-refractivity contribution in [2.45, 2.75) is 45.3 Å². The van der Waals surface area contributed by atoms with E-state index in [0.717, 1.165) is 19.3 Å². The van der Waals surface area contributed by atoms with Crippen molar-refractivity contribution < 1.29 is 19.1 Å². The van der Waals surface area contributed by atoms with Crippen molar-refractivity contribution >= 4 is 11.9 Å². The first-order chi connectivity index (χ1) is 7.16. The van der Waals surface area contributed by atoms with Gasteiger partial charge in [-0.15, -0.1) is 0 Å². The van der Waals surface area contributed by atoms with Gasteiger partial charge in [-0.3, -0.25) is 9.59 Å². The number of cyclic esters (lactones) is 2. The van der Waals surface area contributed by atoms with Crippen molar-refractivity contribution in [2.75, 3.05) is 0 Å². The quantitative estimate of drug-likeness (QED) is 0.489. The highest BCUT2D eigenvalue weighted by Gasteiger charge is 2.37. The lowest BCUT2D eigenvalue weighted by Crippen LogP contribution is -2.41. The molecule has 2 unspecified atom stereocenters. The van der Waals surface area contributed by atoms with Crippen LogP contribution in [-0.4, -0.2) is 18.2 Å².